The van der Waals surface area contributed by atoms with Gasteiger partial charge >= 0.3 is 0 Å². The van der Waals surface area contributed by atoms with Crippen molar-refractivity contribution in [2.75, 3.05) is 13.2 Å². The summed E-state index contributed by atoms with van der Waals surface area (Å²) in [6.07, 6.45) is 19.8. The Labute approximate surface area is 156 Å². The second kappa shape index (κ2) is 19.5. The second-order valence-corrected chi connectivity index (χ2v) is 6.76. The molecular weight excluding hydrogens is 312 g/mol. The third-order valence-electron chi connectivity index (χ3n) is 4.35. The summed E-state index contributed by atoms with van der Waals surface area (Å²) in [6, 6.07) is 0. The van der Waals surface area contributed by atoms with Gasteiger partial charge in [-0.3, -0.25) is 0 Å². The highest BCUT2D eigenvalue weighted by Gasteiger charge is 1.93. The standard InChI is InChI=1S/C16H34O.C5H8N2O/c1-3-5-7-9-11-13-15-17-16-14-12-10-8-6-4-2;1-7-3-2-6-5(7)4-8/h3-16H2,1-2H3;2-3,8H,4H2,1H3. The lowest BCUT2D eigenvalue weighted by Crippen LogP contribution is -1.97. The number of ether oxygens (including phenoxy) is 1. The predicted octanol–water partition coefficient (Wildman–Crippen LogP) is 5.64. The van der Waals surface area contributed by atoms with Crippen LogP contribution in [-0.2, 0) is 18.4 Å². The highest BCUT2D eigenvalue weighted by molar-refractivity contribution is 4.87. The van der Waals surface area contributed by atoms with Gasteiger partial charge in [-0.05, 0) is 12.8 Å². The lowest BCUT2D eigenvalue weighted by atomic mass is 10.1. The molecule has 4 heteroatoms. The van der Waals surface area contributed by atoms with E-state index < -0.39 is 0 Å². The Morgan fingerprint density at radius 2 is 1.32 bits per heavy atom. The van der Waals surface area contributed by atoms with Crippen LogP contribution in [0.25, 0.3) is 0 Å². The summed E-state index contributed by atoms with van der Waals surface area (Å²) >= 11 is 0. The summed E-state index contributed by atoms with van der Waals surface area (Å²) < 4.78 is 7.42. The molecule has 1 N–H and O–H groups in total. The molecule has 1 rings (SSSR count). The first-order chi connectivity index (χ1) is 12.3. The van der Waals surface area contributed by atoms with Crippen LogP contribution < -0.4 is 0 Å². The van der Waals surface area contributed by atoms with Crippen molar-refractivity contribution in [2.45, 2.75) is 97.5 Å². The lowest BCUT2D eigenvalue weighted by Gasteiger charge is -2.04. The van der Waals surface area contributed by atoms with Gasteiger partial charge in [-0.1, -0.05) is 78.1 Å². The van der Waals surface area contributed by atoms with Crippen LogP contribution >= 0.6 is 0 Å². The SMILES string of the molecule is CCCCCCCCOCCCCCCCC.Cn1ccnc1CO. The molecule has 0 unspecified atom stereocenters. The number of nitrogens with zero attached hydrogens (tertiary/aromatic N) is 2. The number of hydrogen-bond donors (Lipinski definition) is 1. The zero-order valence-electron chi connectivity index (χ0n) is 17.0. The van der Waals surface area contributed by atoms with Gasteiger partial charge < -0.3 is 14.4 Å². The molecule has 0 amide bonds. The highest BCUT2D eigenvalue weighted by atomic mass is 16.5. The van der Waals surface area contributed by atoms with Crippen LogP contribution in [0.5, 0.6) is 0 Å². The monoisotopic (exact) mass is 354 g/mol. The van der Waals surface area contributed by atoms with Crippen LogP contribution in [0.1, 0.15) is 96.7 Å². The summed E-state index contributed by atoms with van der Waals surface area (Å²) in [6.45, 7) is 6.53. The number of rotatable bonds is 15. The first-order valence-corrected chi connectivity index (χ1v) is 10.4. The number of hydrogen-bond acceptors (Lipinski definition) is 3. The fourth-order valence-electron chi connectivity index (χ4n) is 2.62. The van der Waals surface area contributed by atoms with E-state index in [-0.39, 0.29) is 6.61 Å². The molecule has 0 fully saturated rings. The molecule has 4 nitrogen and oxygen atoms in total. The van der Waals surface area contributed by atoms with Crippen LogP contribution in [0, 0.1) is 0 Å². The van der Waals surface area contributed by atoms with E-state index in [9.17, 15) is 0 Å². The van der Waals surface area contributed by atoms with E-state index >= 15 is 0 Å². The van der Waals surface area contributed by atoms with E-state index in [4.69, 9.17) is 9.84 Å². The normalized spacial score (nSPS) is 10.6. The molecule has 0 saturated heterocycles. The molecule has 1 heterocycles. The van der Waals surface area contributed by atoms with Gasteiger partial charge in [0.1, 0.15) is 12.4 Å². The van der Waals surface area contributed by atoms with E-state index in [0.29, 0.717) is 5.82 Å². The Hall–Kier alpha value is -0.870. The topological polar surface area (TPSA) is 47.3 Å². The largest absolute Gasteiger partial charge is 0.388 e. The first kappa shape index (κ1) is 24.1. The minimum atomic E-state index is 0.0174. The smallest absolute Gasteiger partial charge is 0.134 e. The minimum Gasteiger partial charge on any atom is -0.388 e. The second-order valence-electron chi connectivity index (χ2n) is 6.76. The Morgan fingerprint density at radius 1 is 0.840 bits per heavy atom. The van der Waals surface area contributed by atoms with Crippen molar-refractivity contribution in [1.82, 2.24) is 9.55 Å². The Morgan fingerprint density at radius 3 is 1.68 bits per heavy atom. The fourth-order valence-corrected chi connectivity index (χ4v) is 2.62. The van der Waals surface area contributed by atoms with E-state index in [1.807, 2.05) is 7.05 Å². The number of aromatic nitrogens is 2. The molecule has 0 saturated carbocycles. The maximum Gasteiger partial charge on any atom is 0.134 e. The number of aryl methyl sites for hydroxylation is 1. The number of aliphatic hydroxyl groups is 1. The molecule has 0 bridgehead atoms. The Kier molecular flexibility index (Phi) is 18.8. The van der Waals surface area contributed by atoms with E-state index in [0.717, 1.165) is 13.2 Å². The third kappa shape index (κ3) is 16.4. The highest BCUT2D eigenvalue weighted by Crippen LogP contribution is 2.07. The van der Waals surface area contributed by atoms with Crippen LogP contribution in [0.3, 0.4) is 0 Å². The van der Waals surface area contributed by atoms with Crippen LogP contribution in [0.2, 0.25) is 0 Å². The molecule has 148 valence electrons. The zero-order chi connectivity index (χ0) is 18.6. The minimum absolute atomic E-state index is 0.0174. The number of unbranched alkanes of at least 4 members (excludes halogenated alkanes) is 10. The molecule has 1 aromatic rings. The maximum atomic E-state index is 8.52. The van der Waals surface area contributed by atoms with Gasteiger partial charge in [0.05, 0.1) is 0 Å². The van der Waals surface area contributed by atoms with Crippen molar-refractivity contribution < 1.29 is 9.84 Å². The number of imidazole rings is 1. The van der Waals surface area contributed by atoms with Gasteiger partial charge in [-0.2, -0.15) is 0 Å². The van der Waals surface area contributed by atoms with Gasteiger partial charge in [0, 0.05) is 32.7 Å². The van der Waals surface area contributed by atoms with Gasteiger partial charge in [-0.25, -0.2) is 4.98 Å². The van der Waals surface area contributed by atoms with Crippen molar-refractivity contribution in [3.8, 4) is 0 Å². The molecular formula is C21H42N2O2. The molecule has 0 aromatic carbocycles. The molecule has 25 heavy (non-hydrogen) atoms. The zero-order valence-corrected chi connectivity index (χ0v) is 17.0. The van der Waals surface area contributed by atoms with Crippen LogP contribution in [0.4, 0.5) is 0 Å². The summed E-state index contributed by atoms with van der Waals surface area (Å²) in [4.78, 5) is 3.85. The fraction of sp³-hybridized carbons (Fsp3) is 0.857. The van der Waals surface area contributed by atoms with Crippen molar-refractivity contribution in [3.63, 3.8) is 0 Å². The predicted molar refractivity (Wildman–Crippen MR) is 107 cm³/mol. The van der Waals surface area contributed by atoms with Gasteiger partial charge in [0.2, 0.25) is 0 Å². The van der Waals surface area contributed by atoms with Crippen molar-refractivity contribution in [3.05, 3.63) is 18.2 Å². The summed E-state index contributed by atoms with van der Waals surface area (Å²) in [5.41, 5.74) is 0. The van der Waals surface area contributed by atoms with E-state index in [2.05, 4.69) is 18.8 Å². The lowest BCUT2D eigenvalue weighted by molar-refractivity contribution is 0.125. The number of aliphatic hydroxyl groups excluding tert-OH is 1. The van der Waals surface area contributed by atoms with Gasteiger partial charge in [0.15, 0.2) is 0 Å². The van der Waals surface area contributed by atoms with Crippen LogP contribution in [0.15, 0.2) is 12.4 Å². The molecule has 1 aromatic heterocycles. The average molecular weight is 355 g/mol. The van der Waals surface area contributed by atoms with E-state index in [1.54, 1.807) is 17.0 Å². The molecule has 0 spiro atoms. The quantitative estimate of drug-likeness (QED) is 0.415. The third-order valence-corrected chi connectivity index (χ3v) is 4.35. The molecule has 0 radical (unpaired) electrons. The first-order valence-electron chi connectivity index (χ1n) is 10.4. The molecule has 0 aliphatic heterocycles. The summed E-state index contributed by atoms with van der Waals surface area (Å²) in [5.74, 6) is 0.699. The Balaban J connectivity index is 0.000000593. The maximum absolute atomic E-state index is 8.52. The summed E-state index contributed by atoms with van der Waals surface area (Å²) in [7, 11) is 1.85. The van der Waals surface area contributed by atoms with Crippen molar-refractivity contribution in [2.24, 2.45) is 7.05 Å². The molecule has 0 aliphatic rings. The van der Waals surface area contributed by atoms with Crippen molar-refractivity contribution >= 4 is 0 Å². The summed E-state index contributed by atoms with van der Waals surface area (Å²) in [5, 5.41) is 8.52. The Bertz CT molecular complexity index is 353. The molecule has 0 atom stereocenters. The van der Waals surface area contributed by atoms with E-state index in [1.165, 1.54) is 77.0 Å². The van der Waals surface area contributed by atoms with Crippen molar-refractivity contribution in [1.29, 1.82) is 0 Å². The van der Waals surface area contributed by atoms with Gasteiger partial charge in [0.25, 0.3) is 0 Å². The van der Waals surface area contributed by atoms with Gasteiger partial charge in [-0.15, -0.1) is 0 Å². The van der Waals surface area contributed by atoms with Crippen LogP contribution in [-0.4, -0.2) is 27.9 Å². The average Bonchev–Trinajstić information content (AvgIpc) is 3.05. The molecule has 0 aliphatic carbocycles.